The summed E-state index contributed by atoms with van der Waals surface area (Å²) in [5.74, 6) is -0.174. The highest BCUT2D eigenvalue weighted by molar-refractivity contribution is 5.98. The van der Waals surface area contributed by atoms with Gasteiger partial charge in [-0.15, -0.1) is 0 Å². The molecule has 0 radical (unpaired) electrons. The van der Waals surface area contributed by atoms with Gasteiger partial charge in [0, 0.05) is 24.8 Å². The number of amidine groups is 1. The van der Waals surface area contributed by atoms with Gasteiger partial charge >= 0.3 is 0 Å². The predicted molar refractivity (Wildman–Crippen MR) is 68.6 cm³/mol. The number of nitrogens with zero attached hydrogens (tertiary/aromatic N) is 3. The molecule has 0 saturated heterocycles. The van der Waals surface area contributed by atoms with Crippen LogP contribution in [0.5, 0.6) is 0 Å². The van der Waals surface area contributed by atoms with Crippen LogP contribution in [-0.4, -0.2) is 39.9 Å². The number of amides is 1. The van der Waals surface area contributed by atoms with Gasteiger partial charge in [0.15, 0.2) is 5.84 Å². The summed E-state index contributed by atoms with van der Waals surface area (Å²) in [5.41, 5.74) is 6.23. The molecule has 0 aliphatic carbocycles. The average molecular weight is 250 g/mol. The summed E-state index contributed by atoms with van der Waals surface area (Å²) < 4.78 is 0. The van der Waals surface area contributed by atoms with Crippen molar-refractivity contribution in [3.8, 4) is 0 Å². The first-order valence-corrected chi connectivity index (χ1v) is 5.72. The van der Waals surface area contributed by atoms with Crippen LogP contribution >= 0.6 is 0 Å². The molecule has 1 amide bonds. The first-order valence-electron chi connectivity index (χ1n) is 5.72. The Hall–Kier alpha value is -2.11. The maximum atomic E-state index is 12.0. The minimum atomic E-state index is -0.143. The van der Waals surface area contributed by atoms with Crippen molar-refractivity contribution in [2.75, 3.05) is 7.05 Å². The van der Waals surface area contributed by atoms with Crippen LogP contribution in [0.1, 0.15) is 36.3 Å². The first-order chi connectivity index (χ1) is 8.51. The summed E-state index contributed by atoms with van der Waals surface area (Å²) in [6.45, 7) is 3.99. The van der Waals surface area contributed by atoms with Gasteiger partial charge in [-0.25, -0.2) is 0 Å². The molecule has 1 unspecified atom stereocenters. The lowest BCUT2D eigenvalue weighted by molar-refractivity contribution is 0.0734. The highest BCUT2D eigenvalue weighted by atomic mass is 16.4. The van der Waals surface area contributed by atoms with E-state index in [4.69, 9.17) is 10.9 Å². The Bertz CT molecular complexity index is 442. The Morgan fingerprint density at radius 3 is 2.72 bits per heavy atom. The summed E-state index contributed by atoms with van der Waals surface area (Å²) in [6, 6.07) is 3.32. The largest absolute Gasteiger partial charge is 0.409 e. The van der Waals surface area contributed by atoms with Crippen molar-refractivity contribution < 1.29 is 10.0 Å². The van der Waals surface area contributed by atoms with Gasteiger partial charge in [0.05, 0.1) is 0 Å². The molecule has 6 nitrogen and oxygen atoms in total. The van der Waals surface area contributed by atoms with Gasteiger partial charge in [0.1, 0.15) is 5.69 Å². The number of oxime groups is 1. The van der Waals surface area contributed by atoms with Crippen LogP contribution < -0.4 is 5.73 Å². The van der Waals surface area contributed by atoms with Crippen molar-refractivity contribution in [3.05, 3.63) is 29.6 Å². The molecule has 0 aliphatic heterocycles. The fourth-order valence-electron chi connectivity index (χ4n) is 1.38. The van der Waals surface area contributed by atoms with Gasteiger partial charge in [0.2, 0.25) is 0 Å². The molecule has 0 aliphatic rings. The molecule has 0 spiro atoms. The Balaban J connectivity index is 2.89. The number of nitrogens with two attached hydrogens (primary N) is 1. The number of rotatable bonds is 4. The predicted octanol–water partition coefficient (Wildman–Crippen LogP) is 1.05. The van der Waals surface area contributed by atoms with Crippen LogP contribution in [0, 0.1) is 0 Å². The highest BCUT2D eigenvalue weighted by Crippen LogP contribution is 2.07. The van der Waals surface area contributed by atoms with Crippen molar-refractivity contribution in [3.63, 3.8) is 0 Å². The van der Waals surface area contributed by atoms with Crippen molar-refractivity contribution in [1.29, 1.82) is 0 Å². The summed E-state index contributed by atoms with van der Waals surface area (Å²) in [4.78, 5) is 17.7. The van der Waals surface area contributed by atoms with Crippen LogP contribution in [0.3, 0.4) is 0 Å². The molecule has 0 bridgehead atoms. The SMILES string of the molecule is CCC(C)N(C)C(=O)c1ccc(/C(N)=N/O)cn1. The third-order valence-electron chi connectivity index (χ3n) is 2.96. The molecule has 6 heteroatoms. The Morgan fingerprint density at radius 1 is 1.61 bits per heavy atom. The monoisotopic (exact) mass is 250 g/mol. The van der Waals surface area contributed by atoms with Crippen LogP contribution in [-0.2, 0) is 0 Å². The summed E-state index contributed by atoms with van der Waals surface area (Å²) in [5, 5.41) is 11.4. The Labute approximate surface area is 106 Å². The topological polar surface area (TPSA) is 91.8 Å². The van der Waals surface area contributed by atoms with E-state index in [1.165, 1.54) is 6.20 Å². The second-order valence-corrected chi connectivity index (χ2v) is 4.09. The van der Waals surface area contributed by atoms with Gasteiger partial charge in [-0.05, 0) is 25.5 Å². The first kappa shape index (κ1) is 14.0. The second-order valence-electron chi connectivity index (χ2n) is 4.09. The number of hydrogen-bond acceptors (Lipinski definition) is 4. The Morgan fingerprint density at radius 2 is 2.28 bits per heavy atom. The fourth-order valence-corrected chi connectivity index (χ4v) is 1.38. The van der Waals surface area contributed by atoms with Gasteiger partial charge < -0.3 is 15.8 Å². The van der Waals surface area contributed by atoms with Crippen molar-refractivity contribution in [2.45, 2.75) is 26.3 Å². The van der Waals surface area contributed by atoms with Crippen LogP contribution in [0.2, 0.25) is 0 Å². The molecular formula is C12H18N4O2. The normalized spacial score (nSPS) is 13.2. The molecule has 1 aromatic rings. The molecule has 18 heavy (non-hydrogen) atoms. The van der Waals surface area contributed by atoms with Gasteiger partial charge in [-0.3, -0.25) is 9.78 Å². The van der Waals surface area contributed by atoms with Crippen LogP contribution in [0.25, 0.3) is 0 Å². The molecule has 98 valence electrons. The summed E-state index contributed by atoms with van der Waals surface area (Å²) in [7, 11) is 1.75. The van der Waals surface area contributed by atoms with Crippen LogP contribution in [0.4, 0.5) is 0 Å². The minimum Gasteiger partial charge on any atom is -0.409 e. The lowest BCUT2D eigenvalue weighted by Gasteiger charge is -2.23. The number of carbonyl (C=O) groups excluding carboxylic acids is 1. The van der Waals surface area contributed by atoms with Gasteiger partial charge in [-0.1, -0.05) is 12.1 Å². The molecule has 0 fully saturated rings. The van der Waals surface area contributed by atoms with E-state index < -0.39 is 0 Å². The van der Waals surface area contributed by atoms with E-state index in [1.54, 1.807) is 24.1 Å². The average Bonchev–Trinajstić information content (AvgIpc) is 2.44. The standard InChI is InChI=1S/C12H18N4O2/c1-4-8(2)16(3)12(17)10-6-5-9(7-14-10)11(13)15-18/h5-8,18H,4H2,1-3H3,(H2,13,15). The zero-order valence-electron chi connectivity index (χ0n) is 10.8. The maximum Gasteiger partial charge on any atom is 0.272 e. The van der Waals surface area contributed by atoms with Crippen molar-refractivity contribution >= 4 is 11.7 Å². The van der Waals surface area contributed by atoms with E-state index in [1.807, 2.05) is 13.8 Å². The van der Waals surface area contributed by atoms with E-state index in [0.717, 1.165) is 6.42 Å². The minimum absolute atomic E-state index is 0.0308. The third kappa shape index (κ3) is 2.97. The van der Waals surface area contributed by atoms with Gasteiger partial charge in [-0.2, -0.15) is 0 Å². The zero-order valence-corrected chi connectivity index (χ0v) is 10.8. The van der Waals surface area contributed by atoms with E-state index in [0.29, 0.717) is 11.3 Å². The number of carbonyl (C=O) groups is 1. The van der Waals surface area contributed by atoms with Crippen molar-refractivity contribution in [1.82, 2.24) is 9.88 Å². The smallest absolute Gasteiger partial charge is 0.272 e. The molecular weight excluding hydrogens is 232 g/mol. The van der Waals surface area contributed by atoms with E-state index in [-0.39, 0.29) is 17.8 Å². The van der Waals surface area contributed by atoms with Crippen molar-refractivity contribution in [2.24, 2.45) is 10.9 Å². The molecule has 1 atom stereocenters. The maximum absolute atomic E-state index is 12.0. The Kier molecular flexibility index (Phi) is 4.65. The summed E-state index contributed by atoms with van der Waals surface area (Å²) >= 11 is 0. The molecule has 1 heterocycles. The van der Waals surface area contributed by atoms with Crippen LogP contribution in [0.15, 0.2) is 23.5 Å². The van der Waals surface area contributed by atoms with E-state index in [2.05, 4.69) is 10.1 Å². The molecule has 3 N–H and O–H groups in total. The zero-order chi connectivity index (χ0) is 13.7. The molecule has 0 aromatic carbocycles. The van der Waals surface area contributed by atoms with Gasteiger partial charge in [0.25, 0.3) is 5.91 Å². The third-order valence-corrected chi connectivity index (χ3v) is 2.96. The number of hydrogen-bond donors (Lipinski definition) is 2. The summed E-state index contributed by atoms with van der Waals surface area (Å²) in [6.07, 6.45) is 2.29. The number of aromatic nitrogens is 1. The second kappa shape index (κ2) is 6.00. The number of pyridine rings is 1. The lowest BCUT2D eigenvalue weighted by Crippen LogP contribution is -2.35. The molecule has 0 saturated carbocycles. The molecule has 1 aromatic heterocycles. The fraction of sp³-hybridized carbons (Fsp3) is 0.417. The highest BCUT2D eigenvalue weighted by Gasteiger charge is 2.17. The quantitative estimate of drug-likeness (QED) is 0.361. The molecule has 1 rings (SSSR count). The van der Waals surface area contributed by atoms with E-state index >= 15 is 0 Å². The van der Waals surface area contributed by atoms with E-state index in [9.17, 15) is 4.79 Å². The lowest BCUT2D eigenvalue weighted by atomic mass is 10.2.